The Morgan fingerprint density at radius 3 is 2.62 bits per heavy atom. The van der Waals surface area contributed by atoms with Gasteiger partial charge in [-0.2, -0.15) is 0 Å². The molecule has 5 aromatic rings. The molecule has 1 fully saturated rings. The molecule has 0 atom stereocenters. The van der Waals surface area contributed by atoms with Crippen molar-refractivity contribution in [3.05, 3.63) is 99.0 Å². The van der Waals surface area contributed by atoms with E-state index in [-0.39, 0.29) is 39.7 Å². The second kappa shape index (κ2) is 9.88. The number of carbonyl (C=O) groups excluding carboxylic acids is 1. The third-order valence-electron chi connectivity index (χ3n) is 7.30. The topological polar surface area (TPSA) is 151 Å². The van der Waals surface area contributed by atoms with Crippen LogP contribution in [0.25, 0.3) is 27.8 Å². The van der Waals surface area contributed by atoms with Crippen LogP contribution in [0.1, 0.15) is 52.6 Å². The van der Waals surface area contributed by atoms with Gasteiger partial charge < -0.3 is 14.8 Å². The van der Waals surface area contributed by atoms with Gasteiger partial charge in [-0.15, -0.1) is 0 Å². The van der Waals surface area contributed by atoms with Gasteiger partial charge in [0.25, 0.3) is 11.5 Å². The third-order valence-corrected chi connectivity index (χ3v) is 7.30. The van der Waals surface area contributed by atoms with Gasteiger partial charge in [0, 0.05) is 30.0 Å². The predicted molar refractivity (Wildman–Crippen MR) is 143 cm³/mol. The standard InChI is InChI=1S/C28H23FN6O5/c29-19-13-30-24-23(22(19)15-4-3-5-16(12-15)27(38)39)26(37)35(28(40)33-24)18-9-7-17(8-10-18)31-25(36)20-14-34-11-2-1-6-21(34)32-20/h1-6,11-14,17-18H,7-10H2,(H,31,36)(H,38,39)(H,30,33,40). The van der Waals surface area contributed by atoms with Crippen LogP contribution in [0, 0.1) is 5.82 Å². The highest BCUT2D eigenvalue weighted by Crippen LogP contribution is 2.30. The lowest BCUT2D eigenvalue weighted by Crippen LogP contribution is -2.43. The third kappa shape index (κ3) is 4.42. The molecule has 12 heteroatoms. The number of benzene rings is 1. The second-order valence-corrected chi connectivity index (χ2v) is 9.77. The molecule has 40 heavy (non-hydrogen) atoms. The monoisotopic (exact) mass is 542 g/mol. The quantitative estimate of drug-likeness (QED) is 0.309. The Labute approximate surface area is 225 Å². The first-order valence-electron chi connectivity index (χ1n) is 12.7. The van der Waals surface area contributed by atoms with Gasteiger partial charge >= 0.3 is 11.7 Å². The smallest absolute Gasteiger partial charge is 0.335 e. The van der Waals surface area contributed by atoms with Crippen LogP contribution >= 0.6 is 0 Å². The van der Waals surface area contributed by atoms with Crippen molar-refractivity contribution in [2.75, 3.05) is 0 Å². The molecule has 6 rings (SSSR count). The number of aromatic amines is 1. The summed E-state index contributed by atoms with van der Waals surface area (Å²) in [4.78, 5) is 61.7. The van der Waals surface area contributed by atoms with E-state index < -0.39 is 29.1 Å². The van der Waals surface area contributed by atoms with Crippen LogP contribution in [0.15, 0.2) is 70.6 Å². The molecule has 0 bridgehead atoms. The minimum atomic E-state index is -1.20. The van der Waals surface area contributed by atoms with Crippen LogP contribution in [0.4, 0.5) is 4.39 Å². The number of hydrogen-bond acceptors (Lipinski definition) is 6. The van der Waals surface area contributed by atoms with Gasteiger partial charge in [-0.3, -0.25) is 19.1 Å². The average Bonchev–Trinajstić information content (AvgIpc) is 3.39. The van der Waals surface area contributed by atoms with Crippen LogP contribution in [0.5, 0.6) is 0 Å². The molecule has 1 aliphatic rings. The zero-order chi connectivity index (χ0) is 28.0. The molecule has 1 amide bonds. The van der Waals surface area contributed by atoms with Gasteiger partial charge in [0.05, 0.1) is 17.1 Å². The van der Waals surface area contributed by atoms with Crippen LogP contribution in [-0.4, -0.2) is 46.9 Å². The van der Waals surface area contributed by atoms with E-state index >= 15 is 4.39 Å². The number of rotatable bonds is 5. The number of pyridine rings is 2. The van der Waals surface area contributed by atoms with Crippen molar-refractivity contribution >= 4 is 28.6 Å². The lowest BCUT2D eigenvalue weighted by molar-refractivity contribution is 0.0696. The van der Waals surface area contributed by atoms with Gasteiger partial charge in [0.2, 0.25) is 0 Å². The van der Waals surface area contributed by atoms with E-state index in [2.05, 4.69) is 20.3 Å². The fourth-order valence-corrected chi connectivity index (χ4v) is 5.37. The summed E-state index contributed by atoms with van der Waals surface area (Å²) in [5.74, 6) is -2.32. The number of imidazole rings is 1. The Morgan fingerprint density at radius 2 is 1.88 bits per heavy atom. The molecule has 0 saturated heterocycles. The first-order valence-corrected chi connectivity index (χ1v) is 12.7. The molecule has 0 spiro atoms. The van der Waals surface area contributed by atoms with E-state index in [1.165, 1.54) is 24.3 Å². The molecule has 0 radical (unpaired) electrons. The summed E-state index contributed by atoms with van der Waals surface area (Å²) < 4.78 is 17.9. The summed E-state index contributed by atoms with van der Waals surface area (Å²) >= 11 is 0. The SMILES string of the molecule is O=C(O)c1cccc(-c2c(F)cnc3[nH]c(=O)n(C4CCC(NC(=O)c5cn6ccccc6n5)CC4)c(=O)c23)c1. The number of H-pyrrole nitrogens is 1. The lowest BCUT2D eigenvalue weighted by atomic mass is 9.90. The molecule has 0 unspecified atom stereocenters. The van der Waals surface area contributed by atoms with Crippen molar-refractivity contribution in [1.29, 1.82) is 0 Å². The Balaban J connectivity index is 1.28. The summed E-state index contributed by atoms with van der Waals surface area (Å²) in [6.45, 7) is 0. The number of carboxylic acids is 1. The van der Waals surface area contributed by atoms with E-state index in [9.17, 15) is 24.3 Å². The van der Waals surface area contributed by atoms with E-state index in [1.807, 2.05) is 12.1 Å². The van der Waals surface area contributed by atoms with E-state index in [0.717, 1.165) is 10.8 Å². The Bertz CT molecular complexity index is 1890. The lowest BCUT2D eigenvalue weighted by Gasteiger charge is -2.29. The number of nitrogens with one attached hydrogen (secondary N) is 2. The molecule has 1 aliphatic carbocycles. The zero-order valence-electron chi connectivity index (χ0n) is 21.0. The molecule has 1 saturated carbocycles. The number of aromatic nitrogens is 5. The second-order valence-electron chi connectivity index (χ2n) is 9.77. The van der Waals surface area contributed by atoms with Gasteiger partial charge in [-0.05, 0) is 55.5 Å². The predicted octanol–water partition coefficient (Wildman–Crippen LogP) is 3.15. The molecule has 4 aromatic heterocycles. The Hall–Kier alpha value is -5.13. The van der Waals surface area contributed by atoms with Crippen molar-refractivity contribution < 1.29 is 19.1 Å². The van der Waals surface area contributed by atoms with Crippen molar-refractivity contribution in [3.63, 3.8) is 0 Å². The molecule has 1 aromatic carbocycles. The number of fused-ring (bicyclic) bond motifs is 2. The summed E-state index contributed by atoms with van der Waals surface area (Å²) in [7, 11) is 0. The first-order chi connectivity index (χ1) is 19.3. The fourth-order valence-electron chi connectivity index (χ4n) is 5.37. The number of carbonyl (C=O) groups is 2. The largest absolute Gasteiger partial charge is 0.478 e. The molecule has 202 valence electrons. The van der Waals surface area contributed by atoms with Crippen molar-refractivity contribution in [2.24, 2.45) is 0 Å². The number of nitrogens with zero attached hydrogens (tertiary/aromatic N) is 4. The summed E-state index contributed by atoms with van der Waals surface area (Å²) in [5, 5.41) is 12.2. The molecular formula is C28H23FN6O5. The molecule has 3 N–H and O–H groups in total. The highest BCUT2D eigenvalue weighted by atomic mass is 19.1. The summed E-state index contributed by atoms with van der Waals surface area (Å²) in [6.07, 6.45) is 6.24. The molecule has 4 heterocycles. The molecular weight excluding hydrogens is 519 g/mol. The molecule has 0 aliphatic heterocycles. The van der Waals surface area contributed by atoms with E-state index in [0.29, 0.717) is 37.0 Å². The maximum Gasteiger partial charge on any atom is 0.335 e. The van der Waals surface area contributed by atoms with Crippen LogP contribution < -0.4 is 16.6 Å². The first kappa shape index (κ1) is 25.2. The van der Waals surface area contributed by atoms with E-state index in [4.69, 9.17) is 0 Å². The van der Waals surface area contributed by atoms with E-state index in [1.54, 1.807) is 22.9 Å². The van der Waals surface area contributed by atoms with Gasteiger partial charge in [-0.1, -0.05) is 18.2 Å². The van der Waals surface area contributed by atoms with Crippen molar-refractivity contribution in [3.8, 4) is 11.1 Å². The number of halogens is 1. The van der Waals surface area contributed by atoms with Gasteiger partial charge in [0.1, 0.15) is 22.8 Å². The molecule has 11 nitrogen and oxygen atoms in total. The van der Waals surface area contributed by atoms with Gasteiger partial charge in [0.15, 0.2) is 0 Å². The Kier molecular flexibility index (Phi) is 6.21. The number of carboxylic acid groups (broad SMARTS) is 1. The van der Waals surface area contributed by atoms with Gasteiger partial charge in [-0.25, -0.2) is 23.9 Å². The zero-order valence-corrected chi connectivity index (χ0v) is 21.0. The maximum atomic E-state index is 15.1. The Morgan fingerprint density at radius 1 is 1.07 bits per heavy atom. The van der Waals surface area contributed by atoms with Crippen LogP contribution in [-0.2, 0) is 0 Å². The van der Waals surface area contributed by atoms with Crippen molar-refractivity contribution in [1.82, 2.24) is 29.2 Å². The van der Waals surface area contributed by atoms with Crippen molar-refractivity contribution in [2.45, 2.75) is 37.8 Å². The minimum absolute atomic E-state index is 0.0735. The maximum absolute atomic E-state index is 15.1. The fraction of sp³-hybridized carbons (Fsp3) is 0.214. The van der Waals surface area contributed by atoms with Crippen LogP contribution in [0.3, 0.4) is 0 Å². The summed E-state index contributed by atoms with van der Waals surface area (Å²) in [5.41, 5.74) is -0.531. The van der Waals surface area contributed by atoms with Crippen LogP contribution in [0.2, 0.25) is 0 Å². The number of amides is 1. The highest BCUT2D eigenvalue weighted by Gasteiger charge is 2.28. The summed E-state index contributed by atoms with van der Waals surface area (Å²) in [6, 6.07) is 10.4. The number of hydrogen-bond donors (Lipinski definition) is 3. The highest BCUT2D eigenvalue weighted by molar-refractivity contribution is 5.95. The minimum Gasteiger partial charge on any atom is -0.478 e. The number of aromatic carboxylic acids is 1. The normalized spacial score (nSPS) is 17.2. The average molecular weight is 543 g/mol.